The van der Waals surface area contributed by atoms with Gasteiger partial charge in [0.2, 0.25) is 0 Å². The molecule has 5 rings (SSSR count). The van der Waals surface area contributed by atoms with Gasteiger partial charge >= 0.3 is 0 Å². The van der Waals surface area contributed by atoms with Crippen LogP contribution in [0.1, 0.15) is 40.7 Å². The summed E-state index contributed by atoms with van der Waals surface area (Å²) in [4.78, 5) is 26.3. The summed E-state index contributed by atoms with van der Waals surface area (Å²) in [7, 11) is 0. The van der Waals surface area contributed by atoms with E-state index in [0.717, 1.165) is 24.0 Å². The van der Waals surface area contributed by atoms with Gasteiger partial charge in [-0.15, -0.1) is 0 Å². The van der Waals surface area contributed by atoms with Crippen LogP contribution in [0.25, 0.3) is 28.3 Å². The first-order valence-corrected chi connectivity index (χ1v) is 14.9. The lowest BCUT2D eigenvalue weighted by molar-refractivity contribution is -0.124. The summed E-state index contributed by atoms with van der Waals surface area (Å²) in [5.74, 6) is -0.663. The quantitative estimate of drug-likeness (QED) is 0.0728. The topological polar surface area (TPSA) is 183 Å². The first-order valence-electron chi connectivity index (χ1n) is 14.9. The minimum Gasteiger partial charge on any atom is -0.508 e. The molecular formula is C36H33FN6O5. The molecule has 1 aliphatic rings. The molecule has 3 aromatic carbocycles. The number of hydroxylamine groups is 1. The number of benzene rings is 3. The minimum absolute atomic E-state index is 0.0875. The van der Waals surface area contributed by atoms with Crippen molar-refractivity contribution in [3.63, 3.8) is 0 Å². The number of aryl methyl sites for hydroxylation is 1. The molecule has 4 aromatic rings. The highest BCUT2D eigenvalue weighted by Crippen LogP contribution is 2.40. The number of rotatable bonds is 8. The Labute approximate surface area is 276 Å². The van der Waals surface area contributed by atoms with Gasteiger partial charge in [0.15, 0.2) is 0 Å². The van der Waals surface area contributed by atoms with Crippen molar-refractivity contribution < 1.29 is 29.4 Å². The van der Waals surface area contributed by atoms with Crippen molar-refractivity contribution in [3.05, 3.63) is 107 Å². The highest BCUT2D eigenvalue weighted by molar-refractivity contribution is 5.91. The SMILES string of the molecule is Cc1ccc(-c2cnc(N3CCC(NCc4ccc(/C=C/C(=O)NO)cc4)CC3)c(C#N)c2-c2ccc(C#N)c(F)c2)cc1O.O=CO. The van der Waals surface area contributed by atoms with Gasteiger partial charge in [-0.3, -0.25) is 14.8 Å². The Hall–Kier alpha value is -6.08. The maximum absolute atomic E-state index is 14.8. The Morgan fingerprint density at radius 3 is 2.35 bits per heavy atom. The molecule has 244 valence electrons. The van der Waals surface area contributed by atoms with Crippen molar-refractivity contribution >= 4 is 24.3 Å². The summed E-state index contributed by atoms with van der Waals surface area (Å²) in [6, 6.07) is 21.7. The van der Waals surface area contributed by atoms with E-state index >= 15 is 0 Å². The first kappa shape index (κ1) is 34.8. The Kier molecular flexibility index (Phi) is 11.9. The van der Waals surface area contributed by atoms with E-state index in [9.17, 15) is 24.8 Å². The Morgan fingerprint density at radius 1 is 1.06 bits per heavy atom. The van der Waals surface area contributed by atoms with Crippen molar-refractivity contribution in [1.29, 1.82) is 10.5 Å². The summed E-state index contributed by atoms with van der Waals surface area (Å²) >= 11 is 0. The van der Waals surface area contributed by atoms with Gasteiger partial charge in [0, 0.05) is 49.1 Å². The maximum atomic E-state index is 14.8. The molecule has 12 heteroatoms. The third-order valence-electron chi connectivity index (χ3n) is 7.98. The second-order valence-electron chi connectivity index (χ2n) is 11.0. The average molecular weight is 649 g/mol. The van der Waals surface area contributed by atoms with E-state index in [1.54, 1.807) is 42.9 Å². The van der Waals surface area contributed by atoms with Crippen LogP contribution in [0.15, 0.2) is 72.9 Å². The number of nitriles is 2. The molecule has 1 fully saturated rings. The zero-order valence-corrected chi connectivity index (χ0v) is 26.0. The molecule has 0 saturated carbocycles. The maximum Gasteiger partial charge on any atom is 0.290 e. The lowest BCUT2D eigenvalue weighted by Gasteiger charge is -2.34. The third-order valence-corrected chi connectivity index (χ3v) is 7.98. The number of piperidine rings is 1. The van der Waals surface area contributed by atoms with Gasteiger partial charge in [-0.05, 0) is 71.9 Å². The molecule has 0 aliphatic carbocycles. The Morgan fingerprint density at radius 2 is 1.75 bits per heavy atom. The summed E-state index contributed by atoms with van der Waals surface area (Å²) in [5.41, 5.74) is 6.54. The van der Waals surface area contributed by atoms with Crippen LogP contribution in [0.3, 0.4) is 0 Å². The molecule has 1 aliphatic heterocycles. The van der Waals surface area contributed by atoms with Gasteiger partial charge in [0.25, 0.3) is 12.4 Å². The lowest BCUT2D eigenvalue weighted by atomic mass is 9.91. The highest BCUT2D eigenvalue weighted by atomic mass is 19.1. The van der Waals surface area contributed by atoms with Crippen molar-refractivity contribution in [1.82, 2.24) is 15.8 Å². The van der Waals surface area contributed by atoms with E-state index in [0.29, 0.717) is 58.8 Å². The van der Waals surface area contributed by atoms with Crippen LogP contribution in [0.4, 0.5) is 10.2 Å². The molecule has 0 unspecified atom stereocenters. The molecule has 48 heavy (non-hydrogen) atoms. The zero-order valence-electron chi connectivity index (χ0n) is 26.0. The molecule has 0 spiro atoms. The van der Waals surface area contributed by atoms with E-state index in [2.05, 4.69) is 16.3 Å². The Balaban J connectivity index is 0.00000167. The van der Waals surface area contributed by atoms with Gasteiger partial charge < -0.3 is 20.4 Å². The molecule has 5 N–H and O–H groups in total. The number of aromatic hydroxyl groups is 1. The van der Waals surface area contributed by atoms with Gasteiger partial charge in [-0.25, -0.2) is 14.9 Å². The Bertz CT molecular complexity index is 1890. The van der Waals surface area contributed by atoms with Gasteiger partial charge in [0.05, 0.1) is 5.56 Å². The fraction of sp³-hybridized carbons (Fsp3) is 0.194. The number of amides is 1. The highest BCUT2D eigenvalue weighted by Gasteiger charge is 2.26. The second kappa shape index (κ2) is 16.5. The normalized spacial score (nSPS) is 12.8. The van der Waals surface area contributed by atoms with Crippen LogP contribution >= 0.6 is 0 Å². The number of hydrogen-bond acceptors (Lipinski definition) is 9. The smallest absolute Gasteiger partial charge is 0.290 e. The fourth-order valence-corrected chi connectivity index (χ4v) is 5.42. The van der Waals surface area contributed by atoms with Gasteiger partial charge in [0.1, 0.15) is 35.1 Å². The molecule has 1 aromatic heterocycles. The average Bonchev–Trinajstić information content (AvgIpc) is 3.11. The van der Waals surface area contributed by atoms with Crippen LogP contribution in [-0.4, -0.2) is 51.9 Å². The number of nitrogens with one attached hydrogen (secondary N) is 2. The predicted molar refractivity (Wildman–Crippen MR) is 177 cm³/mol. The molecule has 0 radical (unpaired) electrons. The zero-order chi connectivity index (χ0) is 34.6. The number of pyridine rings is 1. The second-order valence-corrected chi connectivity index (χ2v) is 11.0. The van der Waals surface area contributed by atoms with Crippen LogP contribution in [0.2, 0.25) is 0 Å². The largest absolute Gasteiger partial charge is 0.508 e. The van der Waals surface area contributed by atoms with E-state index in [4.69, 9.17) is 20.1 Å². The van der Waals surface area contributed by atoms with Crippen LogP contribution in [0.5, 0.6) is 5.75 Å². The number of halogens is 1. The number of anilines is 1. The number of phenols is 1. The number of carbonyl (C=O) groups excluding carboxylic acids is 1. The summed E-state index contributed by atoms with van der Waals surface area (Å²) in [6.45, 7) is 3.51. The number of phenolic OH excluding ortho intramolecular Hbond substituents is 1. The molecule has 1 amide bonds. The van der Waals surface area contributed by atoms with Crippen LogP contribution in [-0.2, 0) is 16.1 Å². The molecule has 0 atom stereocenters. The van der Waals surface area contributed by atoms with Gasteiger partial charge in [-0.1, -0.05) is 42.5 Å². The molecule has 0 bridgehead atoms. The van der Waals surface area contributed by atoms with E-state index < -0.39 is 11.7 Å². The predicted octanol–water partition coefficient (Wildman–Crippen LogP) is 5.29. The number of aromatic nitrogens is 1. The number of hydrogen-bond donors (Lipinski definition) is 5. The summed E-state index contributed by atoms with van der Waals surface area (Å²) < 4.78 is 14.8. The molecular weight excluding hydrogens is 615 g/mol. The third kappa shape index (κ3) is 8.39. The molecule has 2 heterocycles. The number of nitrogens with zero attached hydrogens (tertiary/aromatic N) is 4. The van der Waals surface area contributed by atoms with Crippen molar-refractivity contribution in [3.8, 4) is 40.1 Å². The van der Waals surface area contributed by atoms with E-state index in [1.165, 1.54) is 18.2 Å². The van der Waals surface area contributed by atoms with Crippen LogP contribution < -0.4 is 15.7 Å². The number of carboxylic acid groups (broad SMARTS) is 1. The monoisotopic (exact) mass is 648 g/mol. The molecule has 1 saturated heterocycles. The minimum atomic E-state index is -0.679. The van der Waals surface area contributed by atoms with Gasteiger partial charge in [-0.2, -0.15) is 10.5 Å². The summed E-state index contributed by atoms with van der Waals surface area (Å²) in [5, 5.41) is 49.2. The molecule has 11 nitrogen and oxygen atoms in total. The first-order chi connectivity index (χ1) is 23.2. The fourth-order valence-electron chi connectivity index (χ4n) is 5.42. The lowest BCUT2D eigenvalue weighted by Crippen LogP contribution is -2.42. The van der Waals surface area contributed by atoms with Crippen molar-refractivity contribution in [2.24, 2.45) is 0 Å². The summed E-state index contributed by atoms with van der Waals surface area (Å²) in [6.07, 6.45) is 6.16. The standard InChI is InChI=1S/C35H31FN6O3.CH2O2/c1-22-2-8-25(17-32(22)43)30-21-40-35(29(19-38)34(30)26-9-10-27(18-37)31(36)16-26)42-14-12-28(13-15-42)39-20-24-5-3-23(4-6-24)7-11-33(44)41-45;2-1-3/h2-11,16-17,21,28,39,43,45H,12-15,20H2,1H3,(H,41,44);1H,(H,2,3)/b11-7+;. The van der Waals surface area contributed by atoms with Crippen molar-refractivity contribution in [2.75, 3.05) is 18.0 Å². The van der Waals surface area contributed by atoms with Crippen molar-refractivity contribution in [2.45, 2.75) is 32.4 Å². The van der Waals surface area contributed by atoms with E-state index in [1.807, 2.05) is 36.4 Å². The number of carbonyl (C=O) groups is 2. The van der Waals surface area contributed by atoms with Crippen LogP contribution in [0, 0.1) is 35.4 Å². The van der Waals surface area contributed by atoms with E-state index in [-0.39, 0.29) is 23.8 Å².